The van der Waals surface area contributed by atoms with Gasteiger partial charge in [-0.05, 0) is 12.8 Å². The van der Waals surface area contributed by atoms with Crippen LogP contribution in [0.25, 0.3) is 0 Å². The second kappa shape index (κ2) is 6.20. The van der Waals surface area contributed by atoms with E-state index in [-0.39, 0.29) is 5.15 Å². The summed E-state index contributed by atoms with van der Waals surface area (Å²) in [5.74, 6) is 0. The van der Waals surface area contributed by atoms with Crippen molar-refractivity contribution >= 4 is 28.1 Å². The molecule has 0 amide bonds. The van der Waals surface area contributed by atoms with Crippen LogP contribution in [0.2, 0.25) is 5.15 Å². The molecule has 1 aromatic heterocycles. The SMILES string of the molecule is N#Cc1sc(NCCOC2CCCC2)nc1Cl. The van der Waals surface area contributed by atoms with Crippen LogP contribution in [0.1, 0.15) is 30.6 Å². The molecule has 17 heavy (non-hydrogen) atoms. The maximum absolute atomic E-state index is 8.73. The highest BCUT2D eigenvalue weighted by atomic mass is 35.5. The molecule has 1 saturated carbocycles. The van der Waals surface area contributed by atoms with Gasteiger partial charge in [-0.25, -0.2) is 4.98 Å². The van der Waals surface area contributed by atoms with Crippen LogP contribution < -0.4 is 5.32 Å². The van der Waals surface area contributed by atoms with E-state index >= 15 is 0 Å². The van der Waals surface area contributed by atoms with E-state index in [1.54, 1.807) is 0 Å². The highest BCUT2D eigenvalue weighted by Gasteiger charge is 2.14. The summed E-state index contributed by atoms with van der Waals surface area (Å²) in [5.41, 5.74) is 0. The van der Waals surface area contributed by atoms with Crippen LogP contribution in [0.4, 0.5) is 5.13 Å². The Balaban J connectivity index is 1.69. The Bertz CT molecular complexity index is 409. The van der Waals surface area contributed by atoms with Gasteiger partial charge in [0.2, 0.25) is 0 Å². The van der Waals surface area contributed by atoms with Gasteiger partial charge in [-0.15, -0.1) is 0 Å². The van der Waals surface area contributed by atoms with Crippen molar-refractivity contribution in [1.82, 2.24) is 4.98 Å². The first kappa shape index (κ1) is 12.6. The second-order valence-electron chi connectivity index (χ2n) is 3.95. The molecular formula is C11H14ClN3OS. The first-order valence-electron chi connectivity index (χ1n) is 5.71. The van der Waals surface area contributed by atoms with Crippen LogP contribution in [0.5, 0.6) is 0 Å². The van der Waals surface area contributed by atoms with E-state index in [9.17, 15) is 0 Å². The third-order valence-electron chi connectivity index (χ3n) is 2.72. The van der Waals surface area contributed by atoms with E-state index in [1.807, 2.05) is 6.07 Å². The Morgan fingerprint density at radius 2 is 2.29 bits per heavy atom. The number of hydrogen-bond donors (Lipinski definition) is 1. The van der Waals surface area contributed by atoms with Crippen LogP contribution in [-0.4, -0.2) is 24.2 Å². The second-order valence-corrected chi connectivity index (χ2v) is 5.31. The third-order valence-corrected chi connectivity index (χ3v) is 4.02. The maximum Gasteiger partial charge on any atom is 0.185 e. The topological polar surface area (TPSA) is 57.9 Å². The molecule has 0 spiro atoms. The molecule has 2 rings (SSSR count). The molecule has 0 radical (unpaired) electrons. The van der Waals surface area contributed by atoms with E-state index in [0.29, 0.717) is 29.3 Å². The van der Waals surface area contributed by atoms with Crippen LogP contribution in [-0.2, 0) is 4.74 Å². The molecule has 0 atom stereocenters. The van der Waals surface area contributed by atoms with Crippen molar-refractivity contribution in [2.24, 2.45) is 0 Å². The van der Waals surface area contributed by atoms with Crippen molar-refractivity contribution in [1.29, 1.82) is 5.26 Å². The van der Waals surface area contributed by atoms with Gasteiger partial charge in [-0.2, -0.15) is 5.26 Å². The largest absolute Gasteiger partial charge is 0.376 e. The molecule has 1 aliphatic rings. The summed E-state index contributed by atoms with van der Waals surface area (Å²) in [6, 6.07) is 2.00. The van der Waals surface area contributed by atoms with Gasteiger partial charge in [0, 0.05) is 6.54 Å². The van der Waals surface area contributed by atoms with Crippen LogP contribution in [0.3, 0.4) is 0 Å². The van der Waals surface area contributed by atoms with E-state index in [1.165, 1.54) is 37.0 Å². The minimum Gasteiger partial charge on any atom is -0.376 e. The molecule has 0 aromatic carbocycles. The fourth-order valence-corrected chi connectivity index (χ4v) is 2.86. The predicted molar refractivity (Wildman–Crippen MR) is 68.5 cm³/mol. The Hall–Kier alpha value is -0.830. The molecule has 1 heterocycles. The monoisotopic (exact) mass is 271 g/mol. The summed E-state index contributed by atoms with van der Waals surface area (Å²) in [5, 5.41) is 12.8. The molecule has 6 heteroatoms. The lowest BCUT2D eigenvalue weighted by Gasteiger charge is -2.10. The van der Waals surface area contributed by atoms with Gasteiger partial charge in [0.15, 0.2) is 10.3 Å². The summed E-state index contributed by atoms with van der Waals surface area (Å²) in [6.45, 7) is 1.37. The number of nitrogens with one attached hydrogen (secondary N) is 1. The van der Waals surface area contributed by atoms with Crippen LogP contribution >= 0.6 is 22.9 Å². The molecule has 0 aliphatic heterocycles. The minimum absolute atomic E-state index is 0.275. The lowest BCUT2D eigenvalue weighted by Crippen LogP contribution is -2.15. The normalized spacial score (nSPS) is 16.0. The van der Waals surface area contributed by atoms with Crippen LogP contribution in [0, 0.1) is 11.3 Å². The molecular weight excluding hydrogens is 258 g/mol. The molecule has 1 aromatic rings. The number of thiazole rings is 1. The van der Waals surface area contributed by atoms with Gasteiger partial charge in [-0.1, -0.05) is 35.8 Å². The number of rotatable bonds is 5. The number of nitrogens with zero attached hydrogens (tertiary/aromatic N) is 2. The molecule has 1 aliphatic carbocycles. The predicted octanol–water partition coefficient (Wildman–Crippen LogP) is 3.04. The highest BCUT2D eigenvalue weighted by Crippen LogP contribution is 2.25. The van der Waals surface area contributed by atoms with Crippen LogP contribution in [0.15, 0.2) is 0 Å². The van der Waals surface area contributed by atoms with Gasteiger partial charge in [0.05, 0.1) is 12.7 Å². The van der Waals surface area contributed by atoms with E-state index < -0.39 is 0 Å². The fraction of sp³-hybridized carbons (Fsp3) is 0.636. The maximum atomic E-state index is 8.73. The van der Waals surface area contributed by atoms with Crippen molar-refractivity contribution in [3.05, 3.63) is 10.0 Å². The Morgan fingerprint density at radius 3 is 2.94 bits per heavy atom. The number of hydrogen-bond acceptors (Lipinski definition) is 5. The Morgan fingerprint density at radius 1 is 1.53 bits per heavy atom. The highest BCUT2D eigenvalue weighted by molar-refractivity contribution is 7.16. The average Bonchev–Trinajstić information content (AvgIpc) is 2.94. The first-order valence-corrected chi connectivity index (χ1v) is 6.91. The molecule has 92 valence electrons. The standard InChI is InChI=1S/C11H14ClN3OS/c12-10-9(7-13)17-11(15-10)14-5-6-16-8-3-1-2-4-8/h8H,1-6H2,(H,14,15). The summed E-state index contributed by atoms with van der Waals surface area (Å²) in [7, 11) is 0. The summed E-state index contributed by atoms with van der Waals surface area (Å²) < 4.78 is 5.70. The molecule has 1 N–H and O–H groups in total. The molecule has 0 bridgehead atoms. The van der Waals surface area contributed by atoms with Gasteiger partial charge >= 0.3 is 0 Å². The van der Waals surface area contributed by atoms with Gasteiger partial charge in [-0.3, -0.25) is 0 Å². The van der Waals surface area contributed by atoms with Crippen molar-refractivity contribution in [2.75, 3.05) is 18.5 Å². The molecule has 0 unspecified atom stereocenters. The summed E-state index contributed by atoms with van der Waals surface area (Å²) in [4.78, 5) is 4.50. The smallest absolute Gasteiger partial charge is 0.185 e. The zero-order valence-corrected chi connectivity index (χ0v) is 11.0. The average molecular weight is 272 g/mol. The van der Waals surface area contributed by atoms with E-state index in [0.717, 1.165) is 0 Å². The third kappa shape index (κ3) is 3.56. The van der Waals surface area contributed by atoms with E-state index in [2.05, 4.69) is 10.3 Å². The number of halogens is 1. The lowest BCUT2D eigenvalue weighted by atomic mass is 10.3. The summed E-state index contributed by atoms with van der Waals surface area (Å²) >= 11 is 7.04. The lowest BCUT2D eigenvalue weighted by molar-refractivity contribution is 0.0659. The fourth-order valence-electron chi connectivity index (χ4n) is 1.88. The number of ether oxygens (including phenoxy) is 1. The Kier molecular flexibility index (Phi) is 4.60. The number of nitriles is 1. The van der Waals surface area contributed by atoms with Gasteiger partial charge in [0.1, 0.15) is 10.9 Å². The van der Waals surface area contributed by atoms with Crippen molar-refractivity contribution in [3.63, 3.8) is 0 Å². The van der Waals surface area contributed by atoms with Gasteiger partial charge in [0.25, 0.3) is 0 Å². The molecule has 0 saturated heterocycles. The number of anilines is 1. The molecule has 4 nitrogen and oxygen atoms in total. The van der Waals surface area contributed by atoms with Crippen molar-refractivity contribution in [2.45, 2.75) is 31.8 Å². The summed E-state index contributed by atoms with van der Waals surface area (Å²) in [6.07, 6.45) is 5.37. The quantitative estimate of drug-likeness (QED) is 0.837. The first-order chi connectivity index (χ1) is 8.29. The van der Waals surface area contributed by atoms with E-state index in [4.69, 9.17) is 21.6 Å². The van der Waals surface area contributed by atoms with Crippen molar-refractivity contribution in [3.8, 4) is 6.07 Å². The van der Waals surface area contributed by atoms with Gasteiger partial charge < -0.3 is 10.1 Å². The van der Waals surface area contributed by atoms with Crippen molar-refractivity contribution < 1.29 is 4.74 Å². The number of aromatic nitrogens is 1. The zero-order chi connectivity index (χ0) is 12.1. The minimum atomic E-state index is 0.275. The molecule has 1 fully saturated rings. The Labute approximate surface area is 110 Å². The zero-order valence-electron chi connectivity index (χ0n) is 9.41.